The highest BCUT2D eigenvalue weighted by Gasteiger charge is 2.12. The summed E-state index contributed by atoms with van der Waals surface area (Å²) in [5, 5.41) is 0. The zero-order chi connectivity index (χ0) is 10.7. The van der Waals surface area contributed by atoms with Crippen LogP contribution in [0.15, 0.2) is 16.6 Å². The van der Waals surface area contributed by atoms with Gasteiger partial charge in [-0.05, 0) is 36.6 Å². The summed E-state index contributed by atoms with van der Waals surface area (Å²) in [4.78, 5) is 11.4. The Labute approximate surface area is 92.4 Å². The van der Waals surface area contributed by atoms with Crippen molar-refractivity contribution in [1.82, 2.24) is 0 Å². The van der Waals surface area contributed by atoms with Crippen molar-refractivity contribution in [3.05, 3.63) is 33.3 Å². The largest absolute Gasteiger partial charge is 0.465 e. The molecule has 0 bridgehead atoms. The van der Waals surface area contributed by atoms with Gasteiger partial charge in [0, 0.05) is 4.47 Å². The van der Waals surface area contributed by atoms with E-state index in [1.54, 1.807) is 6.07 Å². The third-order valence-corrected chi connectivity index (χ3v) is 3.04. The van der Waals surface area contributed by atoms with Crippen molar-refractivity contribution in [3.8, 4) is 0 Å². The Hall–Kier alpha value is -0.830. The highest BCUT2D eigenvalue weighted by molar-refractivity contribution is 9.10. The van der Waals surface area contributed by atoms with Gasteiger partial charge in [-0.15, -0.1) is 0 Å². The van der Waals surface area contributed by atoms with E-state index in [1.165, 1.54) is 7.11 Å². The molecule has 3 heteroatoms. The Morgan fingerprint density at radius 3 is 2.64 bits per heavy atom. The summed E-state index contributed by atoms with van der Waals surface area (Å²) in [6.07, 6.45) is 0.900. The van der Waals surface area contributed by atoms with Gasteiger partial charge in [0.15, 0.2) is 0 Å². The molecular weight excluding hydrogens is 244 g/mol. The zero-order valence-corrected chi connectivity index (χ0v) is 10.1. The van der Waals surface area contributed by atoms with Crippen LogP contribution in [0.2, 0.25) is 0 Å². The first-order chi connectivity index (χ1) is 6.61. The number of hydrogen-bond donors (Lipinski definition) is 0. The molecule has 0 saturated heterocycles. The Bertz CT molecular complexity index is 359. The number of esters is 1. The summed E-state index contributed by atoms with van der Waals surface area (Å²) in [5.74, 6) is -0.273. The molecule has 0 heterocycles. The molecule has 0 saturated carbocycles. The van der Waals surface area contributed by atoms with E-state index >= 15 is 0 Å². The van der Waals surface area contributed by atoms with E-state index in [9.17, 15) is 4.79 Å². The molecule has 14 heavy (non-hydrogen) atoms. The molecule has 1 rings (SSSR count). The molecule has 76 valence electrons. The molecule has 0 N–H and O–H groups in total. The van der Waals surface area contributed by atoms with Crippen LogP contribution < -0.4 is 0 Å². The molecule has 1 aromatic rings. The fourth-order valence-electron chi connectivity index (χ4n) is 1.49. The van der Waals surface area contributed by atoms with Crippen LogP contribution in [0.5, 0.6) is 0 Å². The highest BCUT2D eigenvalue weighted by atomic mass is 79.9. The van der Waals surface area contributed by atoms with E-state index in [-0.39, 0.29) is 5.97 Å². The molecule has 2 nitrogen and oxygen atoms in total. The first kappa shape index (κ1) is 11.2. The number of carbonyl (C=O) groups is 1. The number of halogens is 1. The SMILES string of the molecule is CCc1c(Br)ccc(C(=O)OC)c1C. The number of carbonyl (C=O) groups excluding carboxylic acids is 1. The van der Waals surface area contributed by atoms with Crippen LogP contribution in [0.25, 0.3) is 0 Å². The van der Waals surface area contributed by atoms with Crippen LogP contribution in [0.4, 0.5) is 0 Å². The third kappa shape index (κ3) is 1.98. The van der Waals surface area contributed by atoms with Crippen LogP contribution in [0.3, 0.4) is 0 Å². The minimum Gasteiger partial charge on any atom is -0.465 e. The summed E-state index contributed by atoms with van der Waals surface area (Å²) in [7, 11) is 1.40. The number of methoxy groups -OCH3 is 1. The van der Waals surface area contributed by atoms with Gasteiger partial charge in [-0.25, -0.2) is 4.79 Å². The van der Waals surface area contributed by atoms with Crippen molar-refractivity contribution in [2.45, 2.75) is 20.3 Å². The molecule has 0 fully saturated rings. The quantitative estimate of drug-likeness (QED) is 0.761. The first-order valence-corrected chi connectivity index (χ1v) is 5.27. The van der Waals surface area contributed by atoms with E-state index in [4.69, 9.17) is 4.74 Å². The Balaban J connectivity index is 3.28. The average molecular weight is 257 g/mol. The Kier molecular flexibility index (Phi) is 3.69. The van der Waals surface area contributed by atoms with Gasteiger partial charge in [0.05, 0.1) is 12.7 Å². The molecule has 0 aliphatic carbocycles. The van der Waals surface area contributed by atoms with E-state index in [0.29, 0.717) is 5.56 Å². The van der Waals surface area contributed by atoms with Crippen LogP contribution in [-0.2, 0) is 11.2 Å². The molecule has 0 aliphatic heterocycles. The second kappa shape index (κ2) is 4.60. The first-order valence-electron chi connectivity index (χ1n) is 4.48. The summed E-state index contributed by atoms with van der Waals surface area (Å²) in [5.41, 5.74) is 2.80. The minimum absolute atomic E-state index is 0.273. The molecule has 0 aliphatic rings. The lowest BCUT2D eigenvalue weighted by Gasteiger charge is -2.10. The van der Waals surface area contributed by atoms with Gasteiger partial charge in [0.1, 0.15) is 0 Å². The average Bonchev–Trinajstić information content (AvgIpc) is 2.18. The lowest BCUT2D eigenvalue weighted by Crippen LogP contribution is -2.06. The van der Waals surface area contributed by atoms with Crippen molar-refractivity contribution < 1.29 is 9.53 Å². The van der Waals surface area contributed by atoms with Crippen LogP contribution in [0, 0.1) is 6.92 Å². The van der Waals surface area contributed by atoms with Gasteiger partial charge >= 0.3 is 5.97 Å². The maximum absolute atomic E-state index is 11.4. The molecule has 1 aromatic carbocycles. The predicted octanol–water partition coefficient (Wildman–Crippen LogP) is 3.11. The summed E-state index contributed by atoms with van der Waals surface area (Å²) >= 11 is 3.46. The van der Waals surface area contributed by atoms with E-state index in [2.05, 4.69) is 22.9 Å². The van der Waals surface area contributed by atoms with Gasteiger partial charge in [-0.1, -0.05) is 22.9 Å². The molecule has 0 unspecified atom stereocenters. The number of hydrogen-bond acceptors (Lipinski definition) is 2. The smallest absolute Gasteiger partial charge is 0.338 e. The Morgan fingerprint density at radius 2 is 2.14 bits per heavy atom. The minimum atomic E-state index is -0.273. The predicted molar refractivity (Wildman–Crippen MR) is 59.6 cm³/mol. The van der Waals surface area contributed by atoms with Gasteiger partial charge in [0.25, 0.3) is 0 Å². The van der Waals surface area contributed by atoms with Crippen molar-refractivity contribution >= 4 is 21.9 Å². The van der Waals surface area contributed by atoms with Crippen LogP contribution in [0.1, 0.15) is 28.4 Å². The molecule has 0 amide bonds. The van der Waals surface area contributed by atoms with Gasteiger partial charge < -0.3 is 4.74 Å². The van der Waals surface area contributed by atoms with Crippen molar-refractivity contribution in [2.24, 2.45) is 0 Å². The van der Waals surface area contributed by atoms with E-state index in [0.717, 1.165) is 22.0 Å². The second-order valence-electron chi connectivity index (χ2n) is 3.04. The number of ether oxygens (including phenoxy) is 1. The molecule has 0 radical (unpaired) electrons. The lowest BCUT2D eigenvalue weighted by molar-refractivity contribution is 0.0600. The van der Waals surface area contributed by atoms with Gasteiger partial charge in [0.2, 0.25) is 0 Å². The Morgan fingerprint density at radius 1 is 1.50 bits per heavy atom. The standard InChI is InChI=1S/C11H13BrO2/c1-4-8-7(2)9(11(13)14-3)5-6-10(8)12/h5-6H,4H2,1-3H3. The lowest BCUT2D eigenvalue weighted by atomic mass is 10.0. The normalized spacial score (nSPS) is 10.0. The van der Waals surface area contributed by atoms with Gasteiger partial charge in [-0.3, -0.25) is 0 Å². The van der Waals surface area contributed by atoms with E-state index < -0.39 is 0 Å². The van der Waals surface area contributed by atoms with Crippen LogP contribution >= 0.6 is 15.9 Å². The molecule has 0 spiro atoms. The zero-order valence-electron chi connectivity index (χ0n) is 8.56. The monoisotopic (exact) mass is 256 g/mol. The number of benzene rings is 1. The molecular formula is C11H13BrO2. The fraction of sp³-hybridized carbons (Fsp3) is 0.364. The molecule has 0 atom stereocenters. The maximum atomic E-state index is 11.4. The van der Waals surface area contributed by atoms with Crippen molar-refractivity contribution in [2.75, 3.05) is 7.11 Å². The summed E-state index contributed by atoms with van der Waals surface area (Å²) < 4.78 is 5.75. The second-order valence-corrected chi connectivity index (χ2v) is 3.90. The van der Waals surface area contributed by atoms with Gasteiger partial charge in [-0.2, -0.15) is 0 Å². The fourth-order valence-corrected chi connectivity index (χ4v) is 2.20. The van der Waals surface area contributed by atoms with Crippen molar-refractivity contribution in [3.63, 3.8) is 0 Å². The topological polar surface area (TPSA) is 26.3 Å². The molecule has 0 aromatic heterocycles. The van der Waals surface area contributed by atoms with E-state index in [1.807, 2.05) is 13.0 Å². The summed E-state index contributed by atoms with van der Waals surface area (Å²) in [6, 6.07) is 3.67. The third-order valence-electron chi connectivity index (χ3n) is 2.30. The van der Waals surface area contributed by atoms with Crippen LogP contribution in [-0.4, -0.2) is 13.1 Å². The van der Waals surface area contributed by atoms with Crippen molar-refractivity contribution in [1.29, 1.82) is 0 Å². The number of rotatable bonds is 2. The summed E-state index contributed by atoms with van der Waals surface area (Å²) in [6.45, 7) is 4.00. The maximum Gasteiger partial charge on any atom is 0.338 e. The highest BCUT2D eigenvalue weighted by Crippen LogP contribution is 2.24.